The molecule has 1 atom stereocenters. The quantitative estimate of drug-likeness (QED) is 0.736. The summed E-state index contributed by atoms with van der Waals surface area (Å²) in [7, 11) is 0. The Morgan fingerprint density at radius 2 is 1.50 bits per heavy atom. The third-order valence-electron chi connectivity index (χ3n) is 4.68. The predicted molar refractivity (Wildman–Crippen MR) is 119 cm³/mol. The Labute approximate surface area is 170 Å². The van der Waals surface area contributed by atoms with Crippen LogP contribution in [-0.4, -0.2) is 17.1 Å². The molecule has 1 unspecified atom stereocenters. The van der Waals surface area contributed by atoms with Crippen molar-refractivity contribution in [3.05, 3.63) is 76.9 Å². The fraction of sp³-hybridized carbons (Fsp3) is 0.400. The van der Waals surface area contributed by atoms with Crippen LogP contribution in [0.1, 0.15) is 65.2 Å². The monoisotopic (exact) mass is 381 g/mol. The summed E-state index contributed by atoms with van der Waals surface area (Å²) < 4.78 is 0. The molecule has 3 nitrogen and oxygen atoms in total. The van der Waals surface area contributed by atoms with Crippen LogP contribution >= 0.6 is 0 Å². The van der Waals surface area contributed by atoms with Gasteiger partial charge in [0, 0.05) is 0 Å². The fourth-order valence-electron chi connectivity index (χ4n) is 3.36. The number of rotatable bonds is 4. The summed E-state index contributed by atoms with van der Waals surface area (Å²) in [5.74, 6) is -0.366. The van der Waals surface area contributed by atoms with Crippen LogP contribution < -0.4 is 5.32 Å². The fourth-order valence-corrected chi connectivity index (χ4v) is 3.36. The molecule has 0 radical (unpaired) electrons. The zero-order chi connectivity index (χ0) is 21.3. The lowest BCUT2D eigenvalue weighted by atomic mass is 9.93. The Kier molecular flexibility index (Phi) is 9.14. The number of allylic oxidation sites excluding steroid dienone is 1. The molecule has 28 heavy (non-hydrogen) atoms. The van der Waals surface area contributed by atoms with E-state index in [-0.39, 0.29) is 5.91 Å². The largest absolute Gasteiger partial charge is 0.378 e. The number of aliphatic hydroxyl groups excluding tert-OH is 1. The number of benzene rings is 2. The van der Waals surface area contributed by atoms with E-state index in [1.54, 1.807) is 0 Å². The minimum absolute atomic E-state index is 0.366. The van der Waals surface area contributed by atoms with Crippen molar-refractivity contribution in [1.82, 2.24) is 5.32 Å². The Hall–Kier alpha value is -2.39. The van der Waals surface area contributed by atoms with Crippen molar-refractivity contribution in [2.45, 2.75) is 66.5 Å². The van der Waals surface area contributed by atoms with Crippen LogP contribution in [0.15, 0.2) is 60.2 Å². The molecule has 0 saturated carbocycles. The number of aliphatic hydroxyl groups is 1. The van der Waals surface area contributed by atoms with Gasteiger partial charge in [0.1, 0.15) is 0 Å². The lowest BCUT2D eigenvalue weighted by Crippen LogP contribution is -2.46. The number of amides is 1. The second-order valence-corrected chi connectivity index (χ2v) is 6.91. The molecule has 0 aromatic heterocycles. The van der Waals surface area contributed by atoms with Gasteiger partial charge in [-0.3, -0.25) is 4.79 Å². The molecule has 0 spiro atoms. The Morgan fingerprint density at radius 3 is 2.11 bits per heavy atom. The van der Waals surface area contributed by atoms with Gasteiger partial charge in [-0.25, -0.2) is 0 Å². The molecule has 3 rings (SSSR count). The molecule has 0 bridgehead atoms. The average molecular weight is 382 g/mol. The number of hydrogen-bond donors (Lipinski definition) is 2. The second-order valence-electron chi connectivity index (χ2n) is 6.91. The van der Waals surface area contributed by atoms with Crippen LogP contribution in [0.2, 0.25) is 0 Å². The average Bonchev–Trinajstić information content (AvgIpc) is 3.06. The standard InChI is InChI=1S/C21H23NO2.2C2H6/c1-14-13-15-9-7-8-12-17(15)18(14)19(23)20(24)22-21(2,3)16-10-5-4-6-11-16;2*1-2/h4-12,19,23H,13H2,1-3H3,(H,22,24);2*1-2H3. The third kappa shape index (κ3) is 5.32. The Bertz CT molecular complexity index is 791. The van der Waals surface area contributed by atoms with Crippen molar-refractivity contribution in [1.29, 1.82) is 0 Å². The van der Waals surface area contributed by atoms with Crippen LogP contribution in [0.25, 0.3) is 5.57 Å². The molecule has 0 aliphatic heterocycles. The van der Waals surface area contributed by atoms with Crippen LogP contribution in [-0.2, 0) is 16.8 Å². The minimum atomic E-state index is -1.16. The van der Waals surface area contributed by atoms with Crippen LogP contribution in [0, 0.1) is 0 Å². The summed E-state index contributed by atoms with van der Waals surface area (Å²) in [5.41, 5.74) is 4.40. The highest BCUT2D eigenvalue weighted by molar-refractivity contribution is 5.97. The molecule has 2 N–H and O–H groups in total. The van der Waals surface area contributed by atoms with Crippen LogP contribution in [0.4, 0.5) is 0 Å². The van der Waals surface area contributed by atoms with E-state index < -0.39 is 11.6 Å². The van der Waals surface area contributed by atoms with Gasteiger partial charge < -0.3 is 10.4 Å². The van der Waals surface area contributed by atoms with Gasteiger partial charge in [-0.15, -0.1) is 0 Å². The zero-order valence-corrected chi connectivity index (χ0v) is 18.3. The highest BCUT2D eigenvalue weighted by Crippen LogP contribution is 2.35. The first kappa shape index (κ1) is 23.6. The van der Waals surface area contributed by atoms with E-state index in [4.69, 9.17) is 0 Å². The maximum Gasteiger partial charge on any atom is 0.254 e. The molecule has 1 aliphatic rings. The van der Waals surface area contributed by atoms with E-state index in [0.29, 0.717) is 0 Å². The summed E-state index contributed by atoms with van der Waals surface area (Å²) in [6, 6.07) is 17.7. The number of fused-ring (bicyclic) bond motifs is 1. The number of carbonyl (C=O) groups excluding carboxylic acids is 1. The molecule has 1 amide bonds. The van der Waals surface area contributed by atoms with Crippen molar-refractivity contribution in [3.63, 3.8) is 0 Å². The normalized spacial score (nSPS) is 13.4. The summed E-state index contributed by atoms with van der Waals surface area (Å²) in [5, 5.41) is 13.7. The van der Waals surface area contributed by atoms with E-state index in [1.807, 2.05) is 103 Å². The molecule has 152 valence electrons. The molecule has 0 saturated heterocycles. The van der Waals surface area contributed by atoms with Crippen LogP contribution in [0.5, 0.6) is 0 Å². The Morgan fingerprint density at radius 1 is 0.964 bits per heavy atom. The van der Waals surface area contributed by atoms with Crippen LogP contribution in [0.3, 0.4) is 0 Å². The van der Waals surface area contributed by atoms with E-state index in [2.05, 4.69) is 5.32 Å². The molecular formula is C25H35NO2. The van der Waals surface area contributed by atoms with Gasteiger partial charge in [-0.2, -0.15) is 0 Å². The third-order valence-corrected chi connectivity index (χ3v) is 4.68. The maximum atomic E-state index is 12.7. The minimum Gasteiger partial charge on any atom is -0.378 e. The van der Waals surface area contributed by atoms with Crippen molar-refractivity contribution < 1.29 is 9.90 Å². The van der Waals surface area contributed by atoms with Gasteiger partial charge in [0.2, 0.25) is 0 Å². The van der Waals surface area contributed by atoms with Gasteiger partial charge in [-0.1, -0.05) is 87.9 Å². The van der Waals surface area contributed by atoms with Gasteiger partial charge in [0.25, 0.3) is 5.91 Å². The van der Waals surface area contributed by atoms with Crippen molar-refractivity contribution in [3.8, 4) is 0 Å². The van der Waals surface area contributed by atoms with Crippen molar-refractivity contribution in [2.75, 3.05) is 0 Å². The highest BCUT2D eigenvalue weighted by Gasteiger charge is 2.32. The molecule has 2 aromatic rings. The SMILES string of the molecule is CC.CC.CC1=C(C(O)C(=O)NC(C)(C)c2ccccc2)c2ccccc2C1. The van der Waals surface area contributed by atoms with Gasteiger partial charge in [0.15, 0.2) is 6.10 Å². The summed E-state index contributed by atoms with van der Waals surface area (Å²) in [6.45, 7) is 13.9. The first-order chi connectivity index (χ1) is 13.4. The molecule has 2 aromatic carbocycles. The van der Waals surface area contributed by atoms with E-state index in [1.165, 1.54) is 5.56 Å². The van der Waals surface area contributed by atoms with E-state index in [0.717, 1.165) is 28.7 Å². The first-order valence-corrected chi connectivity index (χ1v) is 10.2. The molecule has 0 heterocycles. The Balaban J connectivity index is 0.000000921. The zero-order valence-electron chi connectivity index (χ0n) is 18.3. The molecular weight excluding hydrogens is 346 g/mol. The first-order valence-electron chi connectivity index (χ1n) is 10.2. The lowest BCUT2D eigenvalue weighted by molar-refractivity contribution is -0.128. The van der Waals surface area contributed by atoms with Crippen molar-refractivity contribution >= 4 is 11.5 Å². The lowest BCUT2D eigenvalue weighted by Gasteiger charge is -2.28. The maximum absolute atomic E-state index is 12.7. The van der Waals surface area contributed by atoms with Gasteiger partial charge in [-0.05, 0) is 49.5 Å². The second kappa shape index (κ2) is 10.8. The summed E-state index contributed by atoms with van der Waals surface area (Å²) in [4.78, 5) is 12.7. The summed E-state index contributed by atoms with van der Waals surface area (Å²) >= 11 is 0. The predicted octanol–water partition coefficient (Wildman–Crippen LogP) is 5.48. The molecule has 3 heteroatoms. The number of hydrogen-bond acceptors (Lipinski definition) is 2. The smallest absolute Gasteiger partial charge is 0.254 e. The molecule has 0 fully saturated rings. The number of carbonyl (C=O) groups is 1. The van der Waals surface area contributed by atoms with E-state index >= 15 is 0 Å². The van der Waals surface area contributed by atoms with Crippen molar-refractivity contribution in [2.24, 2.45) is 0 Å². The van der Waals surface area contributed by atoms with E-state index in [9.17, 15) is 9.90 Å². The van der Waals surface area contributed by atoms with Gasteiger partial charge >= 0.3 is 0 Å². The number of nitrogens with one attached hydrogen (secondary N) is 1. The topological polar surface area (TPSA) is 49.3 Å². The summed E-state index contributed by atoms with van der Waals surface area (Å²) in [6.07, 6.45) is -0.366. The van der Waals surface area contributed by atoms with Gasteiger partial charge in [0.05, 0.1) is 5.54 Å². The highest BCUT2D eigenvalue weighted by atomic mass is 16.3. The molecule has 1 aliphatic carbocycles.